The average Bonchev–Trinajstić information content (AvgIpc) is 3.53. The molecule has 0 aromatic heterocycles. The van der Waals surface area contributed by atoms with Crippen LogP contribution in [0, 0.1) is 53.3 Å². The van der Waals surface area contributed by atoms with Crippen LogP contribution in [0.5, 0.6) is 0 Å². The van der Waals surface area contributed by atoms with Crippen LogP contribution in [0.2, 0.25) is 0 Å². The summed E-state index contributed by atoms with van der Waals surface area (Å²) in [4.78, 5) is 6.59. The largest absolute Gasteiger partial charge is 0.396 e. The summed E-state index contributed by atoms with van der Waals surface area (Å²) in [5.74, 6) is 9.38. The Bertz CT molecular complexity index is 1260. The Morgan fingerprint density at radius 3 is 2.04 bits per heavy atom. The Labute approximate surface area is 310 Å². The summed E-state index contributed by atoms with van der Waals surface area (Å²) in [5.41, 5.74) is 1.92. The van der Waals surface area contributed by atoms with E-state index in [-0.39, 0.29) is 0 Å². The summed E-state index contributed by atoms with van der Waals surface area (Å²) < 4.78 is 12.3. The molecule has 2 N–H and O–H groups in total. The third kappa shape index (κ3) is 5.73. The van der Waals surface area contributed by atoms with Crippen molar-refractivity contribution in [3.05, 3.63) is 11.4 Å². The smallest absolute Gasteiger partial charge is 0.105 e. The summed E-state index contributed by atoms with van der Waals surface area (Å²) in [5, 5.41) is 14.9. The fraction of sp³-hybridized carbons (Fsp3) is 0.956. The van der Waals surface area contributed by atoms with E-state index in [1.54, 1.807) is 0 Å². The maximum absolute atomic E-state index is 10.2. The van der Waals surface area contributed by atoms with Gasteiger partial charge in [0.25, 0.3) is 0 Å². The number of aliphatic hydroxyl groups is 1. The number of methoxy groups -OCH3 is 2. The predicted molar refractivity (Wildman–Crippen MR) is 203 cm³/mol. The molecule has 0 aromatic rings. The van der Waals surface area contributed by atoms with E-state index in [1.807, 2.05) is 25.6 Å². The molecular weight excluding hydrogens is 631 g/mol. The van der Waals surface area contributed by atoms with Gasteiger partial charge in [-0.05, 0) is 162 Å². The Kier molecular flexibility index (Phi) is 9.75. The van der Waals surface area contributed by atoms with Crippen LogP contribution in [-0.4, -0.2) is 84.2 Å². The van der Waals surface area contributed by atoms with E-state index in [0.717, 1.165) is 35.5 Å². The van der Waals surface area contributed by atoms with Gasteiger partial charge >= 0.3 is 0 Å². The molecule has 2 aliphatic heterocycles. The second-order valence-corrected chi connectivity index (χ2v) is 20.1. The summed E-state index contributed by atoms with van der Waals surface area (Å²) >= 11 is 0. The van der Waals surface area contributed by atoms with E-state index in [2.05, 4.69) is 15.1 Å². The van der Waals surface area contributed by atoms with Crippen LogP contribution in [0.25, 0.3) is 0 Å². The van der Waals surface area contributed by atoms with Crippen LogP contribution in [0.3, 0.4) is 0 Å². The summed E-state index contributed by atoms with van der Waals surface area (Å²) in [6, 6.07) is 3.91. The van der Waals surface area contributed by atoms with Gasteiger partial charge in [-0.25, -0.2) is 0 Å². The van der Waals surface area contributed by atoms with Gasteiger partial charge in [-0.2, -0.15) is 0 Å². The summed E-state index contributed by atoms with van der Waals surface area (Å²) in [6.45, 7) is 0.379. The van der Waals surface area contributed by atoms with Crippen LogP contribution in [0.1, 0.15) is 148 Å². The topological polar surface area (TPSA) is 57.2 Å². The molecule has 1 saturated heterocycles. The van der Waals surface area contributed by atoms with Gasteiger partial charge in [0.2, 0.25) is 0 Å². The zero-order valence-corrected chi connectivity index (χ0v) is 32.4. The normalized spacial score (nSPS) is 51.0. The van der Waals surface area contributed by atoms with Crippen molar-refractivity contribution >= 4 is 0 Å². The van der Waals surface area contributed by atoms with Gasteiger partial charge in [-0.3, -0.25) is 0 Å². The number of nitrogens with one attached hydrogen (secondary N) is 1. The van der Waals surface area contributed by atoms with E-state index >= 15 is 0 Å². The second kappa shape index (κ2) is 14.4. The SMILES string of the molecule is COC1CCC(C2=C(N3C4CCCCC4NC4C5CCCC6CCC7CCCC(C7C65)C43)N(C3CCC(CO)CC3)C3CCC(OC)CC23)CC1. The van der Waals surface area contributed by atoms with Crippen molar-refractivity contribution in [2.24, 2.45) is 53.3 Å². The van der Waals surface area contributed by atoms with Gasteiger partial charge in [-0.15, -0.1) is 0 Å². The number of hydrogen-bond donors (Lipinski definition) is 2. The molecule has 13 unspecified atom stereocenters. The first-order valence-electron chi connectivity index (χ1n) is 22.9. The van der Waals surface area contributed by atoms with Crippen molar-refractivity contribution in [2.75, 3.05) is 20.8 Å². The minimum Gasteiger partial charge on any atom is -0.396 e. The molecule has 9 fully saturated rings. The standard InChI is InChI=1S/C45H73N3O3/c1-50-32-21-17-30(18-22-32)42-36-25-33(51-2)23-24-38(36)47(31-19-13-27(26-49)14-20-31)45(42)48-39-12-4-3-11-37(39)46-43-34-9-5-7-28-15-16-29-8-6-10-35(44(43)48)41(29)40(28)34/h27-41,43-44,46,49H,3-26H2,1-2H3. The Balaban J connectivity index is 1.14. The zero-order valence-electron chi connectivity index (χ0n) is 32.4. The first-order valence-corrected chi connectivity index (χ1v) is 22.9. The molecule has 51 heavy (non-hydrogen) atoms. The maximum atomic E-state index is 10.2. The highest BCUT2D eigenvalue weighted by atomic mass is 16.5. The van der Waals surface area contributed by atoms with Gasteiger partial charge in [0.1, 0.15) is 5.82 Å². The number of hydrogen-bond acceptors (Lipinski definition) is 6. The Hall–Kier alpha value is -0.820. The predicted octanol–water partition coefficient (Wildman–Crippen LogP) is 8.28. The van der Waals surface area contributed by atoms with Gasteiger partial charge in [0.05, 0.1) is 12.2 Å². The van der Waals surface area contributed by atoms with Crippen molar-refractivity contribution in [1.29, 1.82) is 0 Å². The fourth-order valence-corrected chi connectivity index (χ4v) is 16.2. The van der Waals surface area contributed by atoms with Crippen LogP contribution < -0.4 is 5.32 Å². The highest BCUT2D eigenvalue weighted by Crippen LogP contribution is 2.63. The Morgan fingerprint density at radius 2 is 1.31 bits per heavy atom. The molecule has 10 rings (SSSR count). The molecule has 8 saturated carbocycles. The number of ether oxygens (including phenoxy) is 2. The third-order valence-electron chi connectivity index (χ3n) is 18.3. The first kappa shape index (κ1) is 34.7. The van der Waals surface area contributed by atoms with Crippen molar-refractivity contribution in [3.8, 4) is 0 Å². The lowest BCUT2D eigenvalue weighted by atomic mass is 9.45. The van der Waals surface area contributed by atoms with Crippen LogP contribution in [0.4, 0.5) is 0 Å². The van der Waals surface area contributed by atoms with Crippen molar-refractivity contribution in [1.82, 2.24) is 15.1 Å². The molecule has 0 spiro atoms. The number of nitrogens with zero attached hydrogens (tertiary/aromatic N) is 2. The molecule has 2 heterocycles. The fourth-order valence-electron chi connectivity index (χ4n) is 16.2. The molecule has 6 nitrogen and oxygen atoms in total. The van der Waals surface area contributed by atoms with Gasteiger partial charge in [0, 0.05) is 63.0 Å². The van der Waals surface area contributed by atoms with E-state index in [1.165, 1.54) is 148 Å². The lowest BCUT2D eigenvalue weighted by molar-refractivity contribution is -0.157. The highest BCUT2D eigenvalue weighted by molar-refractivity contribution is 5.33. The van der Waals surface area contributed by atoms with E-state index in [4.69, 9.17) is 9.47 Å². The van der Waals surface area contributed by atoms with Gasteiger partial charge in [0.15, 0.2) is 0 Å². The molecule has 286 valence electrons. The van der Waals surface area contributed by atoms with Gasteiger partial charge in [-0.1, -0.05) is 38.5 Å². The molecular formula is C45H73N3O3. The van der Waals surface area contributed by atoms with Crippen molar-refractivity contribution in [3.63, 3.8) is 0 Å². The number of piperazine rings is 1. The molecule has 10 aliphatic rings. The highest BCUT2D eigenvalue weighted by Gasteiger charge is 2.63. The lowest BCUT2D eigenvalue weighted by Gasteiger charge is -2.68. The molecule has 13 atom stereocenters. The number of aliphatic hydroxyl groups excluding tert-OH is 1. The van der Waals surface area contributed by atoms with E-state index in [0.29, 0.717) is 72.8 Å². The van der Waals surface area contributed by atoms with Crippen LogP contribution in [-0.2, 0) is 9.47 Å². The number of fused-ring (bicyclic) bond motifs is 5. The third-order valence-corrected chi connectivity index (χ3v) is 18.3. The molecule has 0 bridgehead atoms. The molecule has 0 aromatic carbocycles. The zero-order chi connectivity index (χ0) is 34.2. The van der Waals surface area contributed by atoms with E-state index < -0.39 is 0 Å². The van der Waals surface area contributed by atoms with E-state index in [9.17, 15) is 5.11 Å². The average molecular weight is 704 g/mol. The molecule has 8 aliphatic carbocycles. The molecule has 0 amide bonds. The summed E-state index contributed by atoms with van der Waals surface area (Å²) in [7, 11) is 3.95. The first-order chi connectivity index (χ1) is 25.2. The minimum absolute atomic E-state index is 0.379. The summed E-state index contributed by atoms with van der Waals surface area (Å²) in [6.07, 6.45) is 32.2. The monoisotopic (exact) mass is 704 g/mol. The van der Waals surface area contributed by atoms with Crippen molar-refractivity contribution in [2.45, 2.75) is 196 Å². The van der Waals surface area contributed by atoms with Crippen molar-refractivity contribution < 1.29 is 14.6 Å². The molecule has 0 radical (unpaired) electrons. The molecule has 6 heteroatoms. The second-order valence-electron chi connectivity index (χ2n) is 20.1. The lowest BCUT2D eigenvalue weighted by Crippen LogP contribution is -2.76. The Morgan fingerprint density at radius 1 is 0.627 bits per heavy atom. The quantitative estimate of drug-likeness (QED) is 0.291. The minimum atomic E-state index is 0.379. The number of rotatable bonds is 6. The van der Waals surface area contributed by atoms with Crippen LogP contribution >= 0.6 is 0 Å². The van der Waals surface area contributed by atoms with Gasteiger partial charge < -0.3 is 29.7 Å². The maximum Gasteiger partial charge on any atom is 0.105 e. The van der Waals surface area contributed by atoms with Crippen LogP contribution in [0.15, 0.2) is 11.4 Å².